The highest BCUT2D eigenvalue weighted by atomic mass is 35.5. The number of benzene rings is 1. The van der Waals surface area contributed by atoms with Crippen LogP contribution in [0.3, 0.4) is 0 Å². The minimum absolute atomic E-state index is 0.0399. The molecule has 0 fully saturated rings. The molecule has 1 aromatic carbocycles. The summed E-state index contributed by atoms with van der Waals surface area (Å²) in [6.07, 6.45) is 0. The van der Waals surface area contributed by atoms with Crippen LogP contribution in [-0.2, 0) is 9.53 Å². The summed E-state index contributed by atoms with van der Waals surface area (Å²) in [6.45, 7) is 1.71. The van der Waals surface area contributed by atoms with E-state index in [0.717, 1.165) is 5.56 Å². The van der Waals surface area contributed by atoms with Gasteiger partial charge in [0, 0.05) is 31.3 Å². The number of hydrogen-bond acceptors (Lipinski definition) is 4. The molecule has 0 aliphatic heterocycles. The van der Waals surface area contributed by atoms with Gasteiger partial charge in [-0.2, -0.15) is 0 Å². The average molecular weight is 300 g/mol. The van der Waals surface area contributed by atoms with Crippen LogP contribution in [0.5, 0.6) is 0 Å². The summed E-state index contributed by atoms with van der Waals surface area (Å²) < 4.78 is 4.89. The maximum absolute atomic E-state index is 11.8. The second kappa shape index (κ2) is 8.92. The molecular formula is C14H22ClN3O2. The van der Waals surface area contributed by atoms with E-state index >= 15 is 0 Å². The normalized spacial score (nSPS) is 12.4. The number of rotatable bonds is 8. The maximum atomic E-state index is 11.8. The first kappa shape index (κ1) is 16.9. The molecule has 0 aromatic heterocycles. The molecule has 20 heavy (non-hydrogen) atoms. The Labute approximate surface area is 125 Å². The van der Waals surface area contributed by atoms with Crippen molar-refractivity contribution in [2.24, 2.45) is 5.73 Å². The van der Waals surface area contributed by atoms with Crippen molar-refractivity contribution in [3.8, 4) is 0 Å². The monoisotopic (exact) mass is 299 g/mol. The number of carbonyl (C=O) groups is 1. The molecule has 0 saturated carbocycles. The highest BCUT2D eigenvalue weighted by Crippen LogP contribution is 2.21. The number of nitrogens with one attached hydrogen (secondary N) is 1. The van der Waals surface area contributed by atoms with Gasteiger partial charge in [-0.15, -0.1) is 0 Å². The number of carbonyl (C=O) groups excluding carboxylic acids is 1. The Morgan fingerprint density at radius 2 is 2.30 bits per heavy atom. The molecule has 0 aliphatic carbocycles. The Morgan fingerprint density at radius 1 is 1.55 bits per heavy atom. The van der Waals surface area contributed by atoms with Crippen LogP contribution < -0.4 is 11.1 Å². The lowest BCUT2D eigenvalue weighted by Gasteiger charge is -2.26. The number of nitrogens with zero attached hydrogens (tertiary/aromatic N) is 1. The molecule has 1 unspecified atom stereocenters. The van der Waals surface area contributed by atoms with Gasteiger partial charge in [0.1, 0.15) is 0 Å². The molecule has 3 N–H and O–H groups in total. The lowest BCUT2D eigenvalue weighted by Crippen LogP contribution is -2.40. The van der Waals surface area contributed by atoms with Crippen LogP contribution in [0.4, 0.5) is 0 Å². The van der Waals surface area contributed by atoms with Crippen LogP contribution in [0.15, 0.2) is 24.3 Å². The van der Waals surface area contributed by atoms with E-state index in [1.54, 1.807) is 7.11 Å². The number of likely N-dealkylation sites (N-methyl/N-ethyl adjacent to an activating group) is 1. The minimum atomic E-state index is -0.0509. The molecular weight excluding hydrogens is 278 g/mol. The molecule has 1 amide bonds. The summed E-state index contributed by atoms with van der Waals surface area (Å²) in [5.41, 5.74) is 6.82. The predicted octanol–water partition coefficient (Wildman–Crippen LogP) is 1.03. The third-order valence-electron chi connectivity index (χ3n) is 3.01. The number of ether oxygens (including phenoxy) is 1. The first-order valence-electron chi connectivity index (χ1n) is 6.50. The van der Waals surface area contributed by atoms with Gasteiger partial charge < -0.3 is 15.8 Å². The van der Waals surface area contributed by atoms with Gasteiger partial charge >= 0.3 is 0 Å². The molecule has 0 spiro atoms. The summed E-state index contributed by atoms with van der Waals surface area (Å²) in [7, 11) is 3.47. The Morgan fingerprint density at radius 3 is 2.90 bits per heavy atom. The molecule has 0 radical (unpaired) electrons. The highest BCUT2D eigenvalue weighted by molar-refractivity contribution is 6.30. The van der Waals surface area contributed by atoms with Crippen LogP contribution in [0, 0.1) is 0 Å². The van der Waals surface area contributed by atoms with Gasteiger partial charge in [0.2, 0.25) is 5.91 Å². The quantitative estimate of drug-likeness (QED) is 0.704. The van der Waals surface area contributed by atoms with Gasteiger partial charge in [0.05, 0.1) is 13.2 Å². The summed E-state index contributed by atoms with van der Waals surface area (Å²) >= 11 is 5.99. The van der Waals surface area contributed by atoms with Crippen LogP contribution in [0.25, 0.3) is 0 Å². The van der Waals surface area contributed by atoms with Crippen molar-refractivity contribution in [1.29, 1.82) is 0 Å². The number of nitrogens with two attached hydrogens (primary N) is 1. The van der Waals surface area contributed by atoms with Crippen LogP contribution in [-0.4, -0.2) is 51.2 Å². The summed E-state index contributed by atoms with van der Waals surface area (Å²) in [5, 5.41) is 3.45. The number of hydrogen-bond donors (Lipinski definition) is 2. The van der Waals surface area contributed by atoms with Crippen LogP contribution >= 0.6 is 11.6 Å². The van der Waals surface area contributed by atoms with Gasteiger partial charge in [-0.3, -0.25) is 9.69 Å². The summed E-state index contributed by atoms with van der Waals surface area (Å²) in [6, 6.07) is 7.49. The van der Waals surface area contributed by atoms with Gasteiger partial charge in [-0.25, -0.2) is 0 Å². The standard InChI is InChI=1S/C14H22ClN3O2/c1-18(10-14(19)17-6-7-20-2)13(9-16)11-4-3-5-12(15)8-11/h3-5,8,13H,6-7,9-10,16H2,1-2H3,(H,17,19). The summed E-state index contributed by atoms with van der Waals surface area (Å²) in [5.74, 6) is -0.0509. The molecule has 1 rings (SSSR count). The Hall–Kier alpha value is -1.14. The van der Waals surface area contributed by atoms with Crippen LogP contribution in [0.2, 0.25) is 5.02 Å². The average Bonchev–Trinajstić information content (AvgIpc) is 2.40. The number of halogens is 1. The third-order valence-corrected chi connectivity index (χ3v) is 3.25. The lowest BCUT2D eigenvalue weighted by molar-refractivity contribution is -0.122. The lowest BCUT2D eigenvalue weighted by atomic mass is 10.1. The van der Waals surface area contributed by atoms with Gasteiger partial charge in [-0.1, -0.05) is 23.7 Å². The van der Waals surface area contributed by atoms with Crippen molar-refractivity contribution in [2.45, 2.75) is 6.04 Å². The van der Waals surface area contributed by atoms with Gasteiger partial charge in [-0.05, 0) is 24.7 Å². The van der Waals surface area contributed by atoms with E-state index in [1.165, 1.54) is 0 Å². The maximum Gasteiger partial charge on any atom is 0.234 e. The zero-order valence-corrected chi connectivity index (χ0v) is 12.7. The van der Waals surface area contributed by atoms with Crippen LogP contribution in [0.1, 0.15) is 11.6 Å². The van der Waals surface area contributed by atoms with Crippen molar-refractivity contribution in [2.75, 3.05) is 40.4 Å². The van der Waals surface area contributed by atoms with Gasteiger partial charge in [0.15, 0.2) is 0 Å². The number of methoxy groups -OCH3 is 1. The first-order chi connectivity index (χ1) is 9.58. The molecule has 1 aromatic rings. The molecule has 1 atom stereocenters. The van der Waals surface area contributed by atoms with Crippen molar-refractivity contribution in [3.05, 3.63) is 34.9 Å². The molecule has 6 heteroatoms. The topological polar surface area (TPSA) is 67.6 Å². The number of amides is 1. The van der Waals surface area contributed by atoms with E-state index in [9.17, 15) is 4.79 Å². The Balaban J connectivity index is 2.59. The Kier molecular flexibility index (Phi) is 7.54. The van der Waals surface area contributed by atoms with Gasteiger partial charge in [0.25, 0.3) is 0 Å². The fraction of sp³-hybridized carbons (Fsp3) is 0.500. The molecule has 0 heterocycles. The first-order valence-corrected chi connectivity index (χ1v) is 6.87. The van der Waals surface area contributed by atoms with E-state index in [1.807, 2.05) is 36.2 Å². The second-order valence-corrected chi connectivity index (χ2v) is 5.00. The molecule has 0 saturated heterocycles. The molecule has 112 valence electrons. The zero-order chi connectivity index (χ0) is 15.0. The molecule has 0 aliphatic rings. The highest BCUT2D eigenvalue weighted by Gasteiger charge is 2.18. The van der Waals surface area contributed by atoms with E-state index in [4.69, 9.17) is 22.1 Å². The summed E-state index contributed by atoms with van der Waals surface area (Å²) in [4.78, 5) is 13.7. The van der Waals surface area contributed by atoms with E-state index in [-0.39, 0.29) is 18.5 Å². The fourth-order valence-corrected chi connectivity index (χ4v) is 2.17. The van der Waals surface area contributed by atoms with Crippen molar-refractivity contribution in [1.82, 2.24) is 10.2 Å². The largest absolute Gasteiger partial charge is 0.383 e. The van der Waals surface area contributed by atoms with Crippen molar-refractivity contribution in [3.63, 3.8) is 0 Å². The molecule has 0 bridgehead atoms. The third kappa shape index (κ3) is 5.46. The van der Waals surface area contributed by atoms with Crippen molar-refractivity contribution < 1.29 is 9.53 Å². The van der Waals surface area contributed by atoms with E-state index in [2.05, 4.69) is 5.32 Å². The predicted molar refractivity (Wildman–Crippen MR) is 80.8 cm³/mol. The SMILES string of the molecule is COCCNC(=O)CN(C)C(CN)c1cccc(Cl)c1. The van der Waals surface area contributed by atoms with Crippen molar-refractivity contribution >= 4 is 17.5 Å². The Bertz CT molecular complexity index is 429. The smallest absolute Gasteiger partial charge is 0.234 e. The van der Waals surface area contributed by atoms with E-state index < -0.39 is 0 Å². The zero-order valence-electron chi connectivity index (χ0n) is 11.9. The molecule has 5 nitrogen and oxygen atoms in total. The minimum Gasteiger partial charge on any atom is -0.383 e. The van der Waals surface area contributed by atoms with E-state index in [0.29, 0.717) is 24.7 Å². The fourth-order valence-electron chi connectivity index (χ4n) is 1.97. The second-order valence-electron chi connectivity index (χ2n) is 4.56.